The fourth-order valence-corrected chi connectivity index (χ4v) is 6.51. The smallest absolute Gasteiger partial charge is 0.319 e. The lowest BCUT2D eigenvalue weighted by molar-refractivity contribution is 0.107. The molecule has 0 saturated carbocycles. The third kappa shape index (κ3) is 3.15. The third-order valence-corrected chi connectivity index (χ3v) is 8.13. The van der Waals surface area contributed by atoms with Gasteiger partial charge in [-0.15, -0.1) is 0 Å². The van der Waals surface area contributed by atoms with Gasteiger partial charge in [0.05, 0.1) is 23.1 Å². The van der Waals surface area contributed by atoms with Gasteiger partial charge < -0.3 is 14.7 Å². The summed E-state index contributed by atoms with van der Waals surface area (Å²) in [6.45, 7) is 1.55. The first-order valence-electron chi connectivity index (χ1n) is 11.5. The molecule has 4 fully saturated rings. The molecule has 2 aromatic heterocycles. The second-order valence-electron chi connectivity index (χ2n) is 9.67. The van der Waals surface area contributed by atoms with E-state index in [1.165, 1.54) is 6.20 Å². The van der Waals surface area contributed by atoms with Gasteiger partial charge in [-0.3, -0.25) is 4.90 Å². The van der Waals surface area contributed by atoms with Crippen LogP contribution in [0.3, 0.4) is 0 Å². The van der Waals surface area contributed by atoms with E-state index in [2.05, 4.69) is 24.8 Å². The van der Waals surface area contributed by atoms with Gasteiger partial charge in [0, 0.05) is 25.2 Å². The van der Waals surface area contributed by atoms with E-state index < -0.39 is 18.1 Å². The van der Waals surface area contributed by atoms with Crippen molar-refractivity contribution in [1.82, 2.24) is 19.9 Å². The third-order valence-electron chi connectivity index (χ3n) is 7.86. The normalized spacial score (nSPS) is 34.4. The van der Waals surface area contributed by atoms with E-state index >= 15 is 0 Å². The molecule has 172 valence electrons. The molecule has 6 heterocycles. The molecule has 0 radical (unpaired) electrons. The van der Waals surface area contributed by atoms with Gasteiger partial charge >= 0.3 is 6.01 Å². The topological polar surface area (TPSA) is 74.6 Å². The quantitative estimate of drug-likeness (QED) is 0.694. The van der Waals surface area contributed by atoms with E-state index in [4.69, 9.17) is 16.3 Å². The molecule has 1 N–H and O–H groups in total. The number of aromatic nitrogens is 3. The van der Waals surface area contributed by atoms with Crippen LogP contribution in [0, 0.1) is 5.82 Å². The summed E-state index contributed by atoms with van der Waals surface area (Å²) < 4.78 is 35.1. The highest BCUT2D eigenvalue weighted by Gasteiger charge is 2.49. The summed E-state index contributed by atoms with van der Waals surface area (Å²) in [5.74, 6) is -0.192. The van der Waals surface area contributed by atoms with E-state index in [0.29, 0.717) is 24.2 Å². The number of ether oxygens (including phenoxy) is 1. The minimum atomic E-state index is -0.861. The largest absolute Gasteiger partial charge is 0.461 e. The maximum Gasteiger partial charge on any atom is 0.319 e. The number of halogens is 3. The first-order chi connectivity index (χ1) is 15.4. The van der Waals surface area contributed by atoms with Crippen molar-refractivity contribution in [2.45, 2.75) is 74.8 Å². The molecule has 2 aromatic rings. The molecule has 5 atom stereocenters. The van der Waals surface area contributed by atoms with Gasteiger partial charge in [0.25, 0.3) is 0 Å². The minimum Gasteiger partial charge on any atom is -0.461 e. The molecule has 32 heavy (non-hydrogen) atoms. The molecule has 6 rings (SSSR count). The summed E-state index contributed by atoms with van der Waals surface area (Å²) >= 11 is 5.95. The summed E-state index contributed by atoms with van der Waals surface area (Å²) in [4.78, 5) is 17.2. The van der Waals surface area contributed by atoms with Crippen molar-refractivity contribution < 1.29 is 18.6 Å². The maximum absolute atomic E-state index is 15.0. The molecule has 0 spiro atoms. The first-order valence-corrected chi connectivity index (χ1v) is 11.8. The summed E-state index contributed by atoms with van der Waals surface area (Å²) in [6.07, 6.45) is 5.86. The number of fused-ring (bicyclic) bond motifs is 4. The fraction of sp³-hybridized carbons (Fsp3) is 0.682. The Bertz CT molecular complexity index is 1060. The number of aliphatic hydroxyl groups excluding tert-OH is 1. The molecule has 0 aliphatic carbocycles. The van der Waals surface area contributed by atoms with Gasteiger partial charge in [0.2, 0.25) is 0 Å². The monoisotopic (exact) mass is 465 g/mol. The Hall–Kier alpha value is -1.84. The summed E-state index contributed by atoms with van der Waals surface area (Å²) in [5, 5.41) is 10.8. The highest BCUT2D eigenvalue weighted by molar-refractivity contribution is 6.30. The average Bonchev–Trinajstić information content (AvgIpc) is 3.41. The lowest BCUT2D eigenvalue weighted by Gasteiger charge is -2.39. The summed E-state index contributed by atoms with van der Waals surface area (Å²) in [7, 11) is 0. The molecule has 0 aromatic carbocycles. The molecule has 10 heteroatoms. The van der Waals surface area contributed by atoms with Crippen LogP contribution in [0.1, 0.15) is 44.9 Å². The van der Waals surface area contributed by atoms with Gasteiger partial charge in [-0.2, -0.15) is 9.97 Å². The highest BCUT2D eigenvalue weighted by Crippen LogP contribution is 2.43. The fourth-order valence-electron chi connectivity index (χ4n) is 6.37. The maximum atomic E-state index is 15.0. The number of anilines is 1. The summed E-state index contributed by atoms with van der Waals surface area (Å²) in [6, 6.07) is 0.195. The second-order valence-corrected chi connectivity index (χ2v) is 10.0. The van der Waals surface area contributed by atoms with Crippen molar-refractivity contribution in [3.8, 4) is 6.01 Å². The van der Waals surface area contributed by atoms with Gasteiger partial charge in [-0.05, 0) is 45.1 Å². The molecule has 0 unspecified atom stereocenters. The van der Waals surface area contributed by atoms with Crippen molar-refractivity contribution in [3.63, 3.8) is 0 Å². The van der Waals surface area contributed by atoms with E-state index in [-0.39, 0.29) is 40.9 Å². The molecular weight excluding hydrogens is 440 g/mol. The molecule has 4 saturated heterocycles. The van der Waals surface area contributed by atoms with Crippen LogP contribution in [0.25, 0.3) is 10.9 Å². The van der Waals surface area contributed by atoms with Crippen LogP contribution in [0.15, 0.2) is 6.20 Å². The van der Waals surface area contributed by atoms with Crippen LogP contribution in [0.5, 0.6) is 6.01 Å². The Labute approximate surface area is 189 Å². The molecule has 0 amide bonds. The predicted molar refractivity (Wildman–Crippen MR) is 115 cm³/mol. The zero-order valence-corrected chi connectivity index (χ0v) is 18.4. The van der Waals surface area contributed by atoms with Crippen LogP contribution in [-0.4, -0.2) is 74.6 Å². The SMILES string of the molecule is O[C@@H]1CC[C@H]2CC[C@@H]1N2c1nc(OC[C@@]23CCCN2C[C@H](F)C3)nc2c(F)c(Cl)ncc12. The molecule has 4 aliphatic heterocycles. The molecular formula is C22H26ClF2N5O2. The van der Waals surface area contributed by atoms with Crippen molar-refractivity contribution in [2.75, 3.05) is 24.6 Å². The predicted octanol–water partition coefficient (Wildman–Crippen LogP) is 3.26. The van der Waals surface area contributed by atoms with E-state index in [9.17, 15) is 13.9 Å². The van der Waals surface area contributed by atoms with Gasteiger partial charge in [0.1, 0.15) is 24.1 Å². The number of hydrogen-bond acceptors (Lipinski definition) is 7. The number of nitrogens with zero attached hydrogens (tertiary/aromatic N) is 5. The molecule has 7 nitrogen and oxygen atoms in total. The zero-order valence-electron chi connectivity index (χ0n) is 17.7. The Morgan fingerprint density at radius 3 is 2.97 bits per heavy atom. The lowest BCUT2D eigenvalue weighted by atomic mass is 9.95. The van der Waals surface area contributed by atoms with Crippen molar-refractivity contribution in [3.05, 3.63) is 17.2 Å². The Balaban J connectivity index is 1.39. The van der Waals surface area contributed by atoms with Crippen LogP contribution < -0.4 is 9.64 Å². The Morgan fingerprint density at radius 2 is 2.09 bits per heavy atom. The number of alkyl halides is 1. The number of hydrogen-bond donors (Lipinski definition) is 1. The number of pyridine rings is 1. The van der Waals surface area contributed by atoms with E-state index in [0.717, 1.165) is 45.1 Å². The van der Waals surface area contributed by atoms with Crippen molar-refractivity contribution >= 4 is 28.3 Å². The van der Waals surface area contributed by atoms with Crippen LogP contribution in [0.4, 0.5) is 14.6 Å². The Morgan fingerprint density at radius 1 is 1.25 bits per heavy atom. The Kier molecular flexibility index (Phi) is 4.93. The number of piperidine rings is 1. The average molecular weight is 466 g/mol. The highest BCUT2D eigenvalue weighted by atomic mass is 35.5. The van der Waals surface area contributed by atoms with Crippen LogP contribution in [-0.2, 0) is 0 Å². The molecule has 4 aliphatic rings. The number of aliphatic hydroxyl groups is 1. The van der Waals surface area contributed by atoms with Crippen molar-refractivity contribution in [2.24, 2.45) is 0 Å². The first kappa shape index (κ1) is 20.7. The van der Waals surface area contributed by atoms with Gasteiger partial charge in [0.15, 0.2) is 11.0 Å². The minimum absolute atomic E-state index is 0.0525. The van der Waals surface area contributed by atoms with E-state index in [1.54, 1.807) is 0 Å². The standard InChI is InChI=1S/C22H26ClF2N5O2/c23-19-17(25)18-14(9-26-19)20(30-13-2-4-15(30)16(31)5-3-13)28-21(27-18)32-11-22-6-1-7-29(22)10-12(24)8-22/h9,12-13,15-16,31H,1-8,10-11H2/t12-,13-,15+,16-,22+/m1/s1. The second kappa shape index (κ2) is 7.60. The summed E-state index contributed by atoms with van der Waals surface area (Å²) in [5.41, 5.74) is -0.299. The zero-order chi connectivity index (χ0) is 22.0. The molecule has 2 bridgehead atoms. The lowest BCUT2D eigenvalue weighted by Crippen LogP contribution is -2.48. The van der Waals surface area contributed by atoms with E-state index in [1.807, 2.05) is 0 Å². The number of rotatable bonds is 4. The van der Waals surface area contributed by atoms with Gasteiger partial charge in [-0.1, -0.05) is 11.6 Å². The van der Waals surface area contributed by atoms with Crippen LogP contribution in [0.2, 0.25) is 5.15 Å². The van der Waals surface area contributed by atoms with Crippen LogP contribution >= 0.6 is 11.6 Å². The van der Waals surface area contributed by atoms with Gasteiger partial charge in [-0.25, -0.2) is 13.8 Å². The van der Waals surface area contributed by atoms with Crippen molar-refractivity contribution in [1.29, 1.82) is 0 Å².